The van der Waals surface area contributed by atoms with Crippen molar-refractivity contribution < 1.29 is 14.3 Å². The van der Waals surface area contributed by atoms with Gasteiger partial charge in [0.2, 0.25) is 5.91 Å². The molecule has 1 heterocycles. The van der Waals surface area contributed by atoms with Crippen LogP contribution in [0.4, 0.5) is 5.69 Å². The van der Waals surface area contributed by atoms with Crippen LogP contribution in [0, 0.1) is 30.6 Å². The topological polar surface area (TPSA) is 55.4 Å². The largest absolute Gasteiger partial charge is 0.462 e. The Balaban J connectivity index is 1.55. The van der Waals surface area contributed by atoms with Crippen molar-refractivity contribution in [3.63, 3.8) is 0 Å². The van der Waals surface area contributed by atoms with E-state index in [-0.39, 0.29) is 35.7 Å². The lowest BCUT2D eigenvalue weighted by atomic mass is 9.79. The van der Waals surface area contributed by atoms with E-state index in [0.29, 0.717) is 5.92 Å². The minimum atomic E-state index is -0.217. The van der Waals surface area contributed by atoms with Gasteiger partial charge in [0.25, 0.3) is 0 Å². The highest BCUT2D eigenvalue weighted by Gasteiger charge is 2.63. The van der Waals surface area contributed by atoms with Crippen LogP contribution in [-0.2, 0) is 14.3 Å². The Bertz CT molecular complexity index is 642. The molecule has 1 amide bonds. The Morgan fingerprint density at radius 3 is 2.95 bits per heavy atom. The maximum atomic E-state index is 12.6. The number of fused-ring (bicyclic) bond motifs is 1. The highest BCUT2D eigenvalue weighted by Crippen LogP contribution is 2.57. The van der Waals surface area contributed by atoms with Crippen LogP contribution in [-0.4, -0.2) is 18.0 Å². The molecule has 1 saturated heterocycles. The van der Waals surface area contributed by atoms with Gasteiger partial charge >= 0.3 is 5.97 Å². The number of anilines is 1. The van der Waals surface area contributed by atoms with Crippen molar-refractivity contribution in [2.45, 2.75) is 25.9 Å². The van der Waals surface area contributed by atoms with E-state index in [1.54, 1.807) is 0 Å². The molecule has 1 aromatic rings. The number of ether oxygens (including phenoxy) is 1. The molecule has 0 radical (unpaired) electrons. The number of hydrogen-bond donors (Lipinski definition) is 1. The summed E-state index contributed by atoms with van der Waals surface area (Å²) in [5.74, 6) is -0.0722. The summed E-state index contributed by atoms with van der Waals surface area (Å²) in [6, 6.07) is 5.73. The lowest BCUT2D eigenvalue weighted by Crippen LogP contribution is -2.35. The summed E-state index contributed by atoms with van der Waals surface area (Å²) in [6.07, 6.45) is 1.88. The fourth-order valence-electron chi connectivity index (χ4n) is 4.31. The first-order valence-electron chi connectivity index (χ1n) is 7.32. The molecular formula is C16H16BrNO3. The van der Waals surface area contributed by atoms with E-state index in [0.717, 1.165) is 28.6 Å². The molecule has 2 bridgehead atoms. The average molecular weight is 350 g/mol. The van der Waals surface area contributed by atoms with Gasteiger partial charge in [-0.1, -0.05) is 15.9 Å². The summed E-state index contributed by atoms with van der Waals surface area (Å²) >= 11 is 3.45. The first-order chi connectivity index (χ1) is 10.0. The highest BCUT2D eigenvalue weighted by atomic mass is 79.9. The summed E-state index contributed by atoms with van der Waals surface area (Å²) < 4.78 is 6.40. The van der Waals surface area contributed by atoms with Crippen LogP contribution < -0.4 is 5.32 Å². The van der Waals surface area contributed by atoms with Crippen molar-refractivity contribution in [1.82, 2.24) is 0 Å². The molecule has 1 aliphatic heterocycles. The molecule has 4 rings (SSSR count). The van der Waals surface area contributed by atoms with E-state index in [4.69, 9.17) is 4.74 Å². The molecule has 5 heteroatoms. The maximum absolute atomic E-state index is 12.6. The van der Waals surface area contributed by atoms with Gasteiger partial charge in [-0.05, 0) is 49.4 Å². The minimum Gasteiger partial charge on any atom is -0.462 e. The number of hydrogen-bond acceptors (Lipinski definition) is 3. The first-order valence-corrected chi connectivity index (χ1v) is 8.11. The standard InChI is InChI=1S/C16H16BrNO3/c1-7-4-9(2-3-11(7)17)18-15(19)13-8-5-10-12(6-8)21-16(20)14(10)13/h2-4,8,10,12-14H,5-6H2,1H3,(H,18,19)/t8-,10-,12+,13+,14-/m0/s1. The predicted octanol–water partition coefficient (Wildman–Crippen LogP) is 2.89. The quantitative estimate of drug-likeness (QED) is 0.835. The summed E-state index contributed by atoms with van der Waals surface area (Å²) in [5.41, 5.74) is 1.85. The first kappa shape index (κ1) is 13.3. The van der Waals surface area contributed by atoms with Crippen LogP contribution in [0.5, 0.6) is 0 Å². The summed E-state index contributed by atoms with van der Waals surface area (Å²) in [6.45, 7) is 1.98. The second-order valence-corrected chi connectivity index (χ2v) is 7.23. The molecule has 0 unspecified atom stereocenters. The Kier molecular flexibility index (Phi) is 2.89. The number of amides is 1. The van der Waals surface area contributed by atoms with E-state index in [9.17, 15) is 9.59 Å². The van der Waals surface area contributed by atoms with Crippen molar-refractivity contribution in [1.29, 1.82) is 0 Å². The molecule has 21 heavy (non-hydrogen) atoms. The third-order valence-electron chi connectivity index (χ3n) is 5.21. The zero-order valence-corrected chi connectivity index (χ0v) is 13.2. The normalized spacial score (nSPS) is 35.9. The van der Waals surface area contributed by atoms with E-state index in [1.807, 2.05) is 25.1 Å². The van der Waals surface area contributed by atoms with E-state index < -0.39 is 0 Å². The summed E-state index contributed by atoms with van der Waals surface area (Å²) in [4.78, 5) is 24.6. The van der Waals surface area contributed by atoms with Crippen LogP contribution in [0.2, 0.25) is 0 Å². The minimum absolute atomic E-state index is 0.0356. The number of carbonyl (C=O) groups is 2. The molecule has 2 aliphatic carbocycles. The van der Waals surface area contributed by atoms with Crippen molar-refractivity contribution in [2.75, 3.05) is 5.32 Å². The lowest BCUT2D eigenvalue weighted by molar-refractivity contribution is -0.145. The molecular weight excluding hydrogens is 334 g/mol. The Morgan fingerprint density at radius 1 is 1.38 bits per heavy atom. The van der Waals surface area contributed by atoms with Crippen molar-refractivity contribution in [3.8, 4) is 0 Å². The molecule has 1 aromatic carbocycles. The summed E-state index contributed by atoms with van der Waals surface area (Å²) in [5, 5.41) is 2.97. The zero-order chi connectivity index (χ0) is 14.7. The van der Waals surface area contributed by atoms with E-state index in [1.165, 1.54) is 0 Å². The third kappa shape index (κ3) is 1.94. The molecule has 1 N–H and O–H groups in total. The predicted molar refractivity (Wildman–Crippen MR) is 80.6 cm³/mol. The monoisotopic (exact) mass is 349 g/mol. The molecule has 0 spiro atoms. The van der Waals surface area contributed by atoms with Gasteiger partial charge in [-0.25, -0.2) is 0 Å². The molecule has 2 saturated carbocycles. The third-order valence-corrected chi connectivity index (χ3v) is 6.10. The van der Waals surface area contributed by atoms with Gasteiger partial charge in [-0.3, -0.25) is 9.59 Å². The molecule has 5 atom stereocenters. The molecule has 3 fully saturated rings. The average Bonchev–Trinajstić information content (AvgIpc) is 3.04. The fourth-order valence-corrected chi connectivity index (χ4v) is 4.56. The Hall–Kier alpha value is -1.36. The molecule has 4 nitrogen and oxygen atoms in total. The lowest BCUT2D eigenvalue weighted by Gasteiger charge is -2.23. The van der Waals surface area contributed by atoms with Gasteiger partial charge < -0.3 is 10.1 Å². The number of rotatable bonds is 2. The van der Waals surface area contributed by atoms with E-state index in [2.05, 4.69) is 21.2 Å². The number of esters is 1. The number of halogens is 1. The second-order valence-electron chi connectivity index (χ2n) is 6.38. The number of aryl methyl sites for hydroxylation is 1. The van der Waals surface area contributed by atoms with Gasteiger partial charge in [0, 0.05) is 16.1 Å². The second kappa shape index (κ2) is 4.57. The van der Waals surface area contributed by atoms with Gasteiger partial charge in [0.1, 0.15) is 6.10 Å². The Morgan fingerprint density at radius 2 is 2.19 bits per heavy atom. The van der Waals surface area contributed by atoms with Crippen LogP contribution in [0.15, 0.2) is 22.7 Å². The van der Waals surface area contributed by atoms with Gasteiger partial charge in [-0.2, -0.15) is 0 Å². The molecule has 3 aliphatic rings. The van der Waals surface area contributed by atoms with Gasteiger partial charge in [0.05, 0.1) is 11.8 Å². The zero-order valence-electron chi connectivity index (χ0n) is 11.6. The van der Waals surface area contributed by atoms with Crippen LogP contribution >= 0.6 is 15.9 Å². The maximum Gasteiger partial charge on any atom is 0.310 e. The van der Waals surface area contributed by atoms with Crippen molar-refractivity contribution >= 4 is 33.5 Å². The van der Waals surface area contributed by atoms with Crippen LogP contribution in [0.1, 0.15) is 18.4 Å². The fraction of sp³-hybridized carbons (Fsp3) is 0.500. The van der Waals surface area contributed by atoms with Crippen LogP contribution in [0.25, 0.3) is 0 Å². The highest BCUT2D eigenvalue weighted by molar-refractivity contribution is 9.10. The van der Waals surface area contributed by atoms with Crippen molar-refractivity contribution in [3.05, 3.63) is 28.2 Å². The van der Waals surface area contributed by atoms with Gasteiger partial charge in [0.15, 0.2) is 0 Å². The molecule has 0 aromatic heterocycles. The molecule has 110 valence electrons. The Labute approximate surface area is 131 Å². The number of benzene rings is 1. The summed E-state index contributed by atoms with van der Waals surface area (Å²) in [7, 11) is 0. The van der Waals surface area contributed by atoms with Crippen molar-refractivity contribution in [2.24, 2.45) is 23.7 Å². The van der Waals surface area contributed by atoms with Crippen LogP contribution in [0.3, 0.4) is 0 Å². The van der Waals surface area contributed by atoms with E-state index >= 15 is 0 Å². The number of nitrogens with one attached hydrogen (secondary N) is 1. The smallest absolute Gasteiger partial charge is 0.310 e. The van der Waals surface area contributed by atoms with Gasteiger partial charge in [-0.15, -0.1) is 0 Å². The SMILES string of the molecule is Cc1cc(NC(=O)[C@@H]2[C@H]3C[C@@H]4[C@@H]2C(=O)O[C@@H]4C3)ccc1Br. The number of carbonyl (C=O) groups excluding carboxylic acids is 2.